The molecule has 0 spiro atoms. The van der Waals surface area contributed by atoms with Crippen LogP contribution in [-0.4, -0.2) is 50.5 Å². The number of anilines is 1. The minimum atomic E-state index is -3.90. The number of benzene rings is 3. The van der Waals surface area contributed by atoms with Gasteiger partial charge >= 0.3 is 0 Å². The van der Waals surface area contributed by atoms with Gasteiger partial charge in [0, 0.05) is 25.1 Å². The van der Waals surface area contributed by atoms with Gasteiger partial charge in [0.05, 0.1) is 11.9 Å². The molecule has 3 aromatic rings. The number of sulfonamides is 1. The second-order valence-corrected chi connectivity index (χ2v) is 12.8. The van der Waals surface area contributed by atoms with Crippen molar-refractivity contribution in [3.8, 4) is 0 Å². The van der Waals surface area contributed by atoms with Crippen molar-refractivity contribution in [1.82, 2.24) is 10.2 Å². The number of nitrogens with one attached hydrogen (secondary N) is 1. The summed E-state index contributed by atoms with van der Waals surface area (Å²) in [6, 6.07) is 21.4. The van der Waals surface area contributed by atoms with Crippen LogP contribution in [0.15, 0.2) is 78.9 Å². The normalized spacial score (nSPS) is 12.3. The van der Waals surface area contributed by atoms with E-state index >= 15 is 0 Å². The monoisotopic (exact) mass is 581 g/mol. The molecule has 0 aliphatic carbocycles. The van der Waals surface area contributed by atoms with Crippen molar-refractivity contribution < 1.29 is 22.4 Å². The summed E-state index contributed by atoms with van der Waals surface area (Å²) in [4.78, 5) is 29.1. The Morgan fingerprint density at radius 2 is 1.49 bits per heavy atom. The highest BCUT2D eigenvalue weighted by Crippen LogP contribution is 2.29. The summed E-state index contributed by atoms with van der Waals surface area (Å²) in [6.45, 7) is 7.46. The van der Waals surface area contributed by atoms with Gasteiger partial charge in [-0.25, -0.2) is 12.8 Å². The molecule has 1 atom stereocenters. The maximum absolute atomic E-state index is 14.9. The number of hydrogen-bond donors (Lipinski definition) is 1. The minimum absolute atomic E-state index is 0.00675. The lowest BCUT2D eigenvalue weighted by molar-refractivity contribution is -0.140. The Balaban J connectivity index is 2.10. The molecule has 7 nitrogen and oxygen atoms in total. The van der Waals surface area contributed by atoms with Crippen LogP contribution >= 0.6 is 0 Å². The van der Waals surface area contributed by atoms with Crippen LogP contribution in [0, 0.1) is 11.7 Å². The van der Waals surface area contributed by atoms with Gasteiger partial charge in [-0.05, 0) is 35.1 Å². The van der Waals surface area contributed by atoms with Crippen molar-refractivity contribution in [2.24, 2.45) is 5.92 Å². The fourth-order valence-corrected chi connectivity index (χ4v) is 5.45. The van der Waals surface area contributed by atoms with Crippen LogP contribution in [0.4, 0.5) is 10.1 Å². The first kappa shape index (κ1) is 31.8. The number of nitrogens with zero attached hydrogens (tertiary/aromatic N) is 2. The summed E-state index contributed by atoms with van der Waals surface area (Å²) in [7, 11) is -3.90. The molecule has 0 fully saturated rings. The summed E-state index contributed by atoms with van der Waals surface area (Å²) in [6.07, 6.45) is 1.22. The molecule has 41 heavy (non-hydrogen) atoms. The van der Waals surface area contributed by atoms with Crippen LogP contribution in [0.2, 0.25) is 0 Å². The average Bonchev–Trinajstić information content (AvgIpc) is 2.93. The first-order chi connectivity index (χ1) is 19.4. The van der Waals surface area contributed by atoms with Crippen LogP contribution < -0.4 is 9.62 Å². The third kappa shape index (κ3) is 8.88. The van der Waals surface area contributed by atoms with E-state index in [0.29, 0.717) is 12.2 Å². The van der Waals surface area contributed by atoms with Crippen LogP contribution in [0.5, 0.6) is 0 Å². The predicted octanol–water partition coefficient (Wildman–Crippen LogP) is 5.13. The van der Waals surface area contributed by atoms with Gasteiger partial charge in [-0.15, -0.1) is 0 Å². The van der Waals surface area contributed by atoms with Crippen LogP contribution in [0.1, 0.15) is 50.3 Å². The summed E-state index contributed by atoms with van der Waals surface area (Å²) in [5, 5.41) is 2.92. The average molecular weight is 582 g/mol. The zero-order chi connectivity index (χ0) is 30.2. The second kappa shape index (κ2) is 14.3. The lowest BCUT2D eigenvalue weighted by Crippen LogP contribution is -2.53. The molecule has 2 amide bonds. The molecule has 0 aliphatic rings. The molecule has 3 rings (SSSR count). The second-order valence-electron chi connectivity index (χ2n) is 10.9. The predicted molar refractivity (Wildman–Crippen MR) is 161 cm³/mol. The SMILES string of the molecule is CC(C)CNC(=O)C(Cc1ccccc1)N(Cc1ccccc1F)C(=O)CN(c1ccccc1C(C)C)S(C)(=O)=O. The van der Waals surface area contributed by atoms with Gasteiger partial charge < -0.3 is 10.2 Å². The molecule has 3 aromatic carbocycles. The van der Waals surface area contributed by atoms with Crippen molar-refractivity contribution in [1.29, 1.82) is 0 Å². The van der Waals surface area contributed by atoms with Crippen molar-refractivity contribution in [3.05, 3.63) is 101 Å². The number of rotatable bonds is 13. The molecule has 1 N–H and O–H groups in total. The van der Waals surface area contributed by atoms with E-state index < -0.39 is 34.3 Å². The third-order valence-corrected chi connectivity index (χ3v) is 7.89. The summed E-state index contributed by atoms with van der Waals surface area (Å²) < 4.78 is 42.1. The third-order valence-electron chi connectivity index (χ3n) is 6.76. The molecule has 220 valence electrons. The zero-order valence-electron chi connectivity index (χ0n) is 24.4. The standard InChI is InChI=1S/C32H40FN3O4S/c1-23(2)20-34-32(38)30(19-25-13-7-6-8-14-25)35(21-26-15-9-11-17-28(26)33)31(37)22-36(41(5,39)40)29-18-12-10-16-27(29)24(3)4/h6-18,23-24,30H,19-22H2,1-5H3,(H,34,38). The first-order valence-corrected chi connectivity index (χ1v) is 15.6. The Bertz CT molecular complexity index is 1430. The molecule has 0 saturated carbocycles. The highest BCUT2D eigenvalue weighted by Gasteiger charge is 2.34. The smallest absolute Gasteiger partial charge is 0.244 e. The van der Waals surface area contributed by atoms with Crippen LogP contribution in [-0.2, 0) is 32.6 Å². The topological polar surface area (TPSA) is 86.8 Å². The maximum Gasteiger partial charge on any atom is 0.244 e. The molecule has 0 aromatic heterocycles. The first-order valence-electron chi connectivity index (χ1n) is 13.8. The van der Waals surface area contributed by atoms with Gasteiger partial charge in [0.15, 0.2) is 0 Å². The molecule has 9 heteroatoms. The Kier molecular flexibility index (Phi) is 11.1. The number of amides is 2. The lowest BCUT2D eigenvalue weighted by atomic mass is 10.0. The minimum Gasteiger partial charge on any atom is -0.354 e. The maximum atomic E-state index is 14.9. The zero-order valence-corrected chi connectivity index (χ0v) is 25.2. The largest absolute Gasteiger partial charge is 0.354 e. The summed E-state index contributed by atoms with van der Waals surface area (Å²) in [5.41, 5.74) is 2.20. The number of hydrogen-bond acceptors (Lipinski definition) is 4. The molecule has 0 aliphatic heterocycles. The fourth-order valence-electron chi connectivity index (χ4n) is 4.58. The summed E-state index contributed by atoms with van der Waals surface area (Å²) >= 11 is 0. The quantitative estimate of drug-likeness (QED) is 0.303. The Morgan fingerprint density at radius 3 is 2.10 bits per heavy atom. The van der Waals surface area contributed by atoms with Gasteiger partial charge in [0.25, 0.3) is 0 Å². The highest BCUT2D eigenvalue weighted by molar-refractivity contribution is 7.92. The van der Waals surface area contributed by atoms with E-state index in [2.05, 4.69) is 5.32 Å². The fraction of sp³-hybridized carbons (Fsp3) is 0.375. The molecule has 0 heterocycles. The van der Waals surface area contributed by atoms with E-state index in [9.17, 15) is 22.4 Å². The van der Waals surface area contributed by atoms with Gasteiger partial charge in [0.2, 0.25) is 21.8 Å². The molecule has 0 saturated heterocycles. The van der Waals surface area contributed by atoms with Gasteiger partial charge in [-0.3, -0.25) is 13.9 Å². The molecule has 0 radical (unpaired) electrons. The van der Waals surface area contributed by atoms with Crippen LogP contribution in [0.3, 0.4) is 0 Å². The number of para-hydroxylation sites is 1. The van der Waals surface area contributed by atoms with E-state index in [0.717, 1.165) is 21.7 Å². The van der Waals surface area contributed by atoms with E-state index in [1.54, 1.807) is 30.3 Å². The number of carbonyl (C=O) groups excluding carboxylic acids is 2. The van der Waals surface area contributed by atoms with E-state index in [1.807, 2.05) is 70.2 Å². The van der Waals surface area contributed by atoms with E-state index in [-0.39, 0.29) is 36.3 Å². The van der Waals surface area contributed by atoms with Crippen molar-refractivity contribution in [2.75, 3.05) is 23.7 Å². The van der Waals surface area contributed by atoms with E-state index in [1.165, 1.54) is 11.0 Å². The Hall–Kier alpha value is -3.72. The van der Waals surface area contributed by atoms with Gasteiger partial charge in [-0.2, -0.15) is 0 Å². The van der Waals surface area contributed by atoms with E-state index in [4.69, 9.17) is 0 Å². The highest BCUT2D eigenvalue weighted by atomic mass is 32.2. The van der Waals surface area contributed by atoms with Crippen molar-refractivity contribution in [3.63, 3.8) is 0 Å². The van der Waals surface area contributed by atoms with Gasteiger partial charge in [0.1, 0.15) is 18.4 Å². The molecular weight excluding hydrogens is 541 g/mol. The summed E-state index contributed by atoms with van der Waals surface area (Å²) in [5.74, 6) is -1.36. The lowest BCUT2D eigenvalue weighted by Gasteiger charge is -2.34. The Labute approximate surface area is 243 Å². The van der Waals surface area contributed by atoms with Gasteiger partial charge in [-0.1, -0.05) is 94.4 Å². The Morgan fingerprint density at radius 1 is 0.878 bits per heavy atom. The number of carbonyl (C=O) groups is 2. The molecule has 1 unspecified atom stereocenters. The molecule has 0 bridgehead atoms. The number of halogens is 1. The van der Waals surface area contributed by atoms with Crippen molar-refractivity contribution in [2.45, 2.75) is 52.6 Å². The molecular formula is C32H40FN3O4S. The van der Waals surface area contributed by atoms with Crippen LogP contribution in [0.25, 0.3) is 0 Å². The van der Waals surface area contributed by atoms with Crippen molar-refractivity contribution >= 4 is 27.5 Å².